The molecule has 2 amide bonds. The van der Waals surface area contributed by atoms with Gasteiger partial charge in [0.05, 0.1) is 6.54 Å². The Kier molecular flexibility index (Phi) is 7.55. The molecule has 2 rings (SSSR count). The predicted molar refractivity (Wildman–Crippen MR) is 110 cm³/mol. The van der Waals surface area contributed by atoms with Gasteiger partial charge in [-0.25, -0.2) is 0 Å². The van der Waals surface area contributed by atoms with Crippen LogP contribution >= 0.6 is 0 Å². The second-order valence-electron chi connectivity index (χ2n) is 6.73. The summed E-state index contributed by atoms with van der Waals surface area (Å²) in [5.74, 6) is -0.378. The molecular formula is C22H29N3O2. The van der Waals surface area contributed by atoms with E-state index in [2.05, 4.69) is 24.1 Å². The van der Waals surface area contributed by atoms with E-state index in [-0.39, 0.29) is 18.4 Å². The summed E-state index contributed by atoms with van der Waals surface area (Å²) < 4.78 is 0. The fraction of sp³-hybridized carbons (Fsp3) is 0.364. The number of carbonyl (C=O) groups is 2. The number of rotatable bonds is 8. The van der Waals surface area contributed by atoms with Crippen molar-refractivity contribution in [3.8, 4) is 0 Å². The summed E-state index contributed by atoms with van der Waals surface area (Å²) >= 11 is 0. The Hall–Kier alpha value is -2.66. The zero-order chi connectivity index (χ0) is 19.8. The molecule has 0 unspecified atom stereocenters. The van der Waals surface area contributed by atoms with Crippen molar-refractivity contribution in [2.75, 3.05) is 32.0 Å². The van der Waals surface area contributed by atoms with Crippen molar-refractivity contribution in [1.82, 2.24) is 9.80 Å². The van der Waals surface area contributed by atoms with E-state index in [1.165, 1.54) is 10.5 Å². The minimum absolute atomic E-state index is 0.00785. The van der Waals surface area contributed by atoms with Crippen LogP contribution in [0, 0.1) is 6.92 Å². The van der Waals surface area contributed by atoms with Crippen molar-refractivity contribution in [2.45, 2.75) is 27.3 Å². The van der Waals surface area contributed by atoms with Crippen LogP contribution in [0.3, 0.4) is 0 Å². The van der Waals surface area contributed by atoms with Gasteiger partial charge in [-0.3, -0.25) is 14.5 Å². The molecule has 2 aromatic rings. The summed E-state index contributed by atoms with van der Waals surface area (Å²) in [6, 6.07) is 15.2. The highest BCUT2D eigenvalue weighted by molar-refractivity contribution is 5.99. The monoisotopic (exact) mass is 367 g/mol. The molecule has 0 aliphatic rings. The fourth-order valence-corrected chi connectivity index (χ4v) is 2.80. The Morgan fingerprint density at radius 2 is 1.52 bits per heavy atom. The van der Waals surface area contributed by atoms with Gasteiger partial charge in [-0.2, -0.15) is 0 Å². The van der Waals surface area contributed by atoms with Crippen LogP contribution in [-0.4, -0.2) is 48.3 Å². The molecule has 0 heterocycles. The van der Waals surface area contributed by atoms with E-state index in [1.54, 1.807) is 7.05 Å². The van der Waals surface area contributed by atoms with Crippen LogP contribution in [-0.2, 0) is 11.3 Å². The summed E-state index contributed by atoms with van der Waals surface area (Å²) in [7, 11) is 1.64. The lowest BCUT2D eigenvalue weighted by Crippen LogP contribution is -2.34. The summed E-state index contributed by atoms with van der Waals surface area (Å²) in [5.41, 5.74) is 3.62. The van der Waals surface area contributed by atoms with E-state index in [0.717, 1.165) is 30.9 Å². The average Bonchev–Trinajstić information content (AvgIpc) is 2.67. The van der Waals surface area contributed by atoms with Gasteiger partial charge in [0.25, 0.3) is 5.91 Å². The van der Waals surface area contributed by atoms with E-state index in [4.69, 9.17) is 0 Å². The number of hydrogen-bond acceptors (Lipinski definition) is 3. The molecule has 0 saturated heterocycles. The third-order valence-electron chi connectivity index (χ3n) is 4.56. The lowest BCUT2D eigenvalue weighted by molar-refractivity contribution is -0.116. The molecule has 2 aromatic carbocycles. The van der Waals surface area contributed by atoms with Gasteiger partial charge < -0.3 is 10.2 Å². The van der Waals surface area contributed by atoms with Crippen molar-refractivity contribution in [2.24, 2.45) is 0 Å². The highest BCUT2D eigenvalue weighted by Gasteiger charge is 2.15. The van der Waals surface area contributed by atoms with Crippen LogP contribution in [0.15, 0.2) is 48.5 Å². The molecule has 0 aliphatic carbocycles. The van der Waals surface area contributed by atoms with E-state index >= 15 is 0 Å². The average molecular weight is 367 g/mol. The molecule has 144 valence electrons. The minimum Gasteiger partial charge on any atom is -0.332 e. The largest absolute Gasteiger partial charge is 0.332 e. The Bertz CT molecular complexity index is 750. The summed E-state index contributed by atoms with van der Waals surface area (Å²) in [6.45, 7) is 9.14. The van der Waals surface area contributed by atoms with Crippen molar-refractivity contribution in [3.63, 3.8) is 0 Å². The lowest BCUT2D eigenvalue weighted by atomic mass is 10.1. The van der Waals surface area contributed by atoms with Gasteiger partial charge >= 0.3 is 0 Å². The van der Waals surface area contributed by atoms with Crippen LogP contribution in [0.1, 0.15) is 35.3 Å². The second-order valence-corrected chi connectivity index (χ2v) is 6.73. The molecule has 0 spiro atoms. The number of nitrogens with zero attached hydrogens (tertiary/aromatic N) is 2. The smallest absolute Gasteiger partial charge is 0.254 e. The number of aryl methyl sites for hydroxylation is 1. The first-order valence-electron chi connectivity index (χ1n) is 9.36. The van der Waals surface area contributed by atoms with Crippen LogP contribution < -0.4 is 5.32 Å². The molecule has 5 heteroatoms. The molecule has 0 aromatic heterocycles. The standard InChI is InChI=1S/C22H29N3O2/c1-5-25(6-2)15-18-9-11-19(12-10-18)22(27)24(4)16-21(26)23-20-13-7-17(3)8-14-20/h7-14H,5-6,15-16H2,1-4H3,(H,23,26). The zero-order valence-electron chi connectivity index (χ0n) is 16.7. The van der Waals surface area contributed by atoms with Crippen molar-refractivity contribution in [1.29, 1.82) is 0 Å². The topological polar surface area (TPSA) is 52.7 Å². The predicted octanol–water partition coefficient (Wildman–Crippen LogP) is 3.55. The third-order valence-corrected chi connectivity index (χ3v) is 4.56. The summed E-state index contributed by atoms with van der Waals surface area (Å²) in [6.07, 6.45) is 0. The van der Waals surface area contributed by atoms with Gasteiger partial charge in [0.1, 0.15) is 0 Å². The summed E-state index contributed by atoms with van der Waals surface area (Å²) in [4.78, 5) is 28.5. The first kappa shape index (κ1) is 20.6. The number of benzene rings is 2. The van der Waals surface area contributed by atoms with Gasteiger partial charge in [-0.05, 0) is 49.8 Å². The van der Waals surface area contributed by atoms with E-state index in [1.807, 2.05) is 55.5 Å². The molecular weight excluding hydrogens is 338 g/mol. The normalized spacial score (nSPS) is 10.7. The maximum absolute atomic E-state index is 12.6. The molecule has 0 radical (unpaired) electrons. The minimum atomic E-state index is -0.215. The van der Waals surface area contributed by atoms with E-state index < -0.39 is 0 Å². The maximum Gasteiger partial charge on any atom is 0.254 e. The maximum atomic E-state index is 12.6. The Balaban J connectivity index is 1.91. The van der Waals surface area contributed by atoms with Crippen molar-refractivity contribution in [3.05, 3.63) is 65.2 Å². The first-order chi connectivity index (χ1) is 12.9. The number of carbonyl (C=O) groups excluding carboxylic acids is 2. The van der Waals surface area contributed by atoms with Crippen LogP contribution in [0.4, 0.5) is 5.69 Å². The Morgan fingerprint density at radius 3 is 2.07 bits per heavy atom. The molecule has 0 saturated carbocycles. The van der Waals surface area contributed by atoms with Crippen LogP contribution in [0.5, 0.6) is 0 Å². The van der Waals surface area contributed by atoms with E-state index in [9.17, 15) is 9.59 Å². The van der Waals surface area contributed by atoms with Crippen molar-refractivity contribution < 1.29 is 9.59 Å². The second kappa shape index (κ2) is 9.88. The molecule has 0 bridgehead atoms. The molecule has 0 aliphatic heterocycles. The molecule has 0 atom stereocenters. The molecule has 1 N–H and O–H groups in total. The van der Waals surface area contributed by atoms with Gasteiger partial charge in [-0.1, -0.05) is 43.7 Å². The number of anilines is 1. The quantitative estimate of drug-likeness (QED) is 0.776. The van der Waals surface area contributed by atoms with Gasteiger partial charge in [0, 0.05) is 24.8 Å². The van der Waals surface area contributed by atoms with Crippen LogP contribution in [0.2, 0.25) is 0 Å². The number of nitrogens with one attached hydrogen (secondary N) is 1. The highest BCUT2D eigenvalue weighted by Crippen LogP contribution is 2.11. The fourth-order valence-electron chi connectivity index (χ4n) is 2.80. The molecule has 27 heavy (non-hydrogen) atoms. The Labute approximate surface area is 162 Å². The number of amides is 2. The summed E-state index contributed by atoms with van der Waals surface area (Å²) in [5, 5.41) is 2.81. The third kappa shape index (κ3) is 6.22. The molecule has 5 nitrogen and oxygen atoms in total. The van der Waals surface area contributed by atoms with Crippen molar-refractivity contribution >= 4 is 17.5 Å². The number of hydrogen-bond donors (Lipinski definition) is 1. The van der Waals surface area contributed by atoms with Gasteiger partial charge in [0.15, 0.2) is 0 Å². The first-order valence-corrected chi connectivity index (χ1v) is 9.36. The van der Waals surface area contributed by atoms with E-state index in [0.29, 0.717) is 5.56 Å². The van der Waals surface area contributed by atoms with Gasteiger partial charge in [-0.15, -0.1) is 0 Å². The lowest BCUT2D eigenvalue weighted by Gasteiger charge is -2.19. The van der Waals surface area contributed by atoms with Crippen LogP contribution in [0.25, 0.3) is 0 Å². The number of likely N-dealkylation sites (N-methyl/N-ethyl adjacent to an activating group) is 1. The van der Waals surface area contributed by atoms with Gasteiger partial charge in [0.2, 0.25) is 5.91 Å². The zero-order valence-corrected chi connectivity index (χ0v) is 16.7. The highest BCUT2D eigenvalue weighted by atomic mass is 16.2. The Morgan fingerprint density at radius 1 is 0.926 bits per heavy atom. The SMILES string of the molecule is CCN(CC)Cc1ccc(C(=O)N(C)CC(=O)Nc2ccc(C)cc2)cc1. The molecule has 0 fully saturated rings.